The van der Waals surface area contributed by atoms with E-state index < -0.39 is 11.8 Å². The Labute approximate surface area is 279 Å². The van der Waals surface area contributed by atoms with E-state index >= 15 is 0 Å². The largest absolute Gasteiger partial charge is 0.445 e. The van der Waals surface area contributed by atoms with E-state index in [9.17, 15) is 14.4 Å². The standard InChI is InChI=1S/C37H52N6O4/c1-26-22-28(23-27(2)34(26)38)25-47-36(46)43-20-13-32(42-19-12-31-6-4-5-7-33(31)39-35(42)45)24-37(43,14-21-44)41-17-10-30(11-18-41)29-8-15-40(3)16-9-29/h4-7,21-23,29-30,32H,8-20,24-25,38H2,1-3H3,(H,39,45)/t32-,37+/m1/s1. The van der Waals surface area contributed by atoms with Gasteiger partial charge in [-0.15, -0.1) is 0 Å². The number of nitrogen functional groups attached to an aromatic ring is 1. The Balaban J connectivity index is 1.24. The number of hydrogen-bond acceptors (Lipinski definition) is 7. The van der Waals surface area contributed by atoms with Crippen LogP contribution in [-0.2, 0) is 22.6 Å². The van der Waals surface area contributed by atoms with Gasteiger partial charge in [-0.25, -0.2) is 9.59 Å². The Kier molecular flexibility index (Phi) is 10.1. The van der Waals surface area contributed by atoms with Crippen LogP contribution < -0.4 is 11.1 Å². The van der Waals surface area contributed by atoms with Gasteiger partial charge in [0.05, 0.1) is 0 Å². The van der Waals surface area contributed by atoms with Crippen molar-refractivity contribution in [3.8, 4) is 0 Å². The number of hydrogen-bond donors (Lipinski definition) is 2. The van der Waals surface area contributed by atoms with Crippen molar-refractivity contribution in [3.63, 3.8) is 0 Å². The number of carbonyl (C=O) groups is 3. The third kappa shape index (κ3) is 6.99. The lowest BCUT2D eigenvalue weighted by Gasteiger charge is -2.57. The zero-order chi connectivity index (χ0) is 33.1. The number of urea groups is 1. The summed E-state index contributed by atoms with van der Waals surface area (Å²) in [5.74, 6) is 1.38. The van der Waals surface area contributed by atoms with Crippen molar-refractivity contribution in [1.29, 1.82) is 0 Å². The smallest absolute Gasteiger partial charge is 0.411 e. The molecule has 0 bridgehead atoms. The molecule has 3 amide bonds. The number of benzene rings is 2. The Morgan fingerprint density at radius 3 is 2.32 bits per heavy atom. The van der Waals surface area contributed by atoms with Crippen LogP contribution in [0.1, 0.15) is 67.2 Å². The number of piperidine rings is 3. The summed E-state index contributed by atoms with van der Waals surface area (Å²) in [7, 11) is 2.20. The maximum absolute atomic E-state index is 14.1. The number of rotatable bonds is 7. The number of carbonyl (C=O) groups excluding carboxylic acids is 3. The number of aryl methyl sites for hydroxylation is 2. The molecule has 6 rings (SSSR count). The molecular weight excluding hydrogens is 592 g/mol. The van der Waals surface area contributed by atoms with Crippen LogP contribution in [0.2, 0.25) is 0 Å². The average Bonchev–Trinajstić information content (AvgIpc) is 3.24. The molecule has 4 aliphatic rings. The van der Waals surface area contributed by atoms with Crippen molar-refractivity contribution in [2.75, 3.05) is 57.4 Å². The predicted octanol–water partition coefficient (Wildman–Crippen LogP) is 5.42. The van der Waals surface area contributed by atoms with Gasteiger partial charge < -0.3 is 30.4 Å². The van der Waals surface area contributed by atoms with Crippen molar-refractivity contribution in [1.82, 2.24) is 19.6 Å². The second-order valence-corrected chi connectivity index (χ2v) is 14.3. The van der Waals surface area contributed by atoms with Crippen molar-refractivity contribution >= 4 is 29.8 Å². The normalized spacial score (nSPS) is 25.2. The molecule has 0 unspecified atom stereocenters. The molecule has 0 radical (unpaired) electrons. The number of para-hydroxylation sites is 1. The second kappa shape index (κ2) is 14.2. The summed E-state index contributed by atoms with van der Waals surface area (Å²) in [5, 5.41) is 3.13. The van der Waals surface area contributed by atoms with Gasteiger partial charge in [-0.05, 0) is 113 Å². The van der Waals surface area contributed by atoms with E-state index in [-0.39, 0.29) is 25.1 Å². The van der Waals surface area contributed by atoms with Crippen LogP contribution >= 0.6 is 0 Å². The first-order chi connectivity index (χ1) is 22.7. The first-order valence-corrected chi connectivity index (χ1v) is 17.5. The van der Waals surface area contributed by atoms with Crippen LogP contribution in [0.5, 0.6) is 0 Å². The maximum Gasteiger partial charge on any atom is 0.411 e. The number of nitrogens with two attached hydrogens (primary N) is 1. The number of amides is 3. The fourth-order valence-corrected chi connectivity index (χ4v) is 8.75. The van der Waals surface area contributed by atoms with Crippen LogP contribution in [-0.4, -0.2) is 96.0 Å². The molecule has 3 N–H and O–H groups in total. The number of likely N-dealkylation sites (tertiary alicyclic amines) is 3. The minimum atomic E-state index is -0.869. The number of fused-ring (bicyclic) bond motifs is 1. The summed E-state index contributed by atoms with van der Waals surface area (Å²) in [5.41, 5.74) is 10.8. The first kappa shape index (κ1) is 33.3. The molecule has 254 valence electrons. The molecule has 4 aliphatic heterocycles. The zero-order valence-electron chi connectivity index (χ0n) is 28.4. The summed E-state index contributed by atoms with van der Waals surface area (Å²) in [6, 6.07) is 11.6. The molecule has 10 nitrogen and oxygen atoms in total. The van der Waals surface area contributed by atoms with Crippen molar-refractivity contribution in [2.24, 2.45) is 11.8 Å². The third-order valence-electron chi connectivity index (χ3n) is 11.5. The fourth-order valence-electron chi connectivity index (χ4n) is 8.75. The highest BCUT2D eigenvalue weighted by molar-refractivity contribution is 5.91. The predicted molar refractivity (Wildman–Crippen MR) is 184 cm³/mol. The molecule has 0 saturated carbocycles. The van der Waals surface area contributed by atoms with Crippen LogP contribution in [0, 0.1) is 25.7 Å². The molecule has 4 heterocycles. The van der Waals surface area contributed by atoms with Crippen molar-refractivity contribution < 1.29 is 19.1 Å². The van der Waals surface area contributed by atoms with Gasteiger partial charge in [0, 0.05) is 56.4 Å². The molecule has 10 heteroatoms. The van der Waals surface area contributed by atoms with Crippen LogP contribution in [0.25, 0.3) is 0 Å². The summed E-state index contributed by atoms with van der Waals surface area (Å²) in [6.45, 7) is 8.96. The Bertz CT molecular complexity index is 1430. The minimum Gasteiger partial charge on any atom is -0.445 e. The topological polar surface area (TPSA) is 111 Å². The van der Waals surface area contributed by atoms with E-state index in [1.54, 1.807) is 0 Å². The molecule has 0 aliphatic carbocycles. The van der Waals surface area contributed by atoms with Gasteiger partial charge in [0.25, 0.3) is 0 Å². The highest BCUT2D eigenvalue weighted by atomic mass is 16.6. The summed E-state index contributed by atoms with van der Waals surface area (Å²) in [4.78, 5) is 48.8. The highest BCUT2D eigenvalue weighted by Gasteiger charge is 2.52. The minimum absolute atomic E-state index is 0.119. The third-order valence-corrected chi connectivity index (χ3v) is 11.5. The SMILES string of the molecule is Cc1cc(COC(=O)N2CC[C@@H](N3CCc4ccccc4NC3=O)C[C@@]2(CC=O)N2CCC(C3CCN(C)CC3)CC2)cc(C)c1N. The number of ether oxygens (including phenoxy) is 1. The van der Waals surface area contributed by atoms with Gasteiger partial charge >= 0.3 is 12.1 Å². The Morgan fingerprint density at radius 1 is 0.979 bits per heavy atom. The Hall–Kier alpha value is -3.63. The van der Waals surface area contributed by atoms with Gasteiger partial charge in [0.1, 0.15) is 18.6 Å². The van der Waals surface area contributed by atoms with E-state index in [1.165, 1.54) is 12.8 Å². The van der Waals surface area contributed by atoms with Crippen LogP contribution in [0.15, 0.2) is 36.4 Å². The molecule has 0 aromatic heterocycles. The lowest BCUT2D eigenvalue weighted by atomic mass is 9.77. The van der Waals surface area contributed by atoms with Gasteiger partial charge in [-0.2, -0.15) is 0 Å². The molecule has 2 aromatic rings. The van der Waals surface area contributed by atoms with E-state index in [0.717, 1.165) is 91.3 Å². The summed E-state index contributed by atoms with van der Waals surface area (Å²) in [6.07, 6.45) is 7.15. The molecule has 0 spiro atoms. The zero-order valence-corrected chi connectivity index (χ0v) is 28.4. The van der Waals surface area contributed by atoms with E-state index in [4.69, 9.17) is 10.5 Å². The molecule has 2 atom stereocenters. The lowest BCUT2D eigenvalue weighted by Crippen LogP contribution is -2.69. The van der Waals surface area contributed by atoms with Crippen LogP contribution in [0.4, 0.5) is 21.0 Å². The number of nitrogens with zero attached hydrogens (tertiary/aromatic N) is 4. The quantitative estimate of drug-likeness (QED) is 0.306. The van der Waals surface area contributed by atoms with Crippen molar-refractivity contribution in [2.45, 2.75) is 83.5 Å². The number of nitrogens with one attached hydrogen (secondary N) is 1. The second-order valence-electron chi connectivity index (χ2n) is 14.3. The van der Waals surface area contributed by atoms with E-state index in [2.05, 4.69) is 28.2 Å². The van der Waals surface area contributed by atoms with Crippen LogP contribution in [0.3, 0.4) is 0 Å². The number of aldehydes is 1. The van der Waals surface area contributed by atoms with E-state index in [1.807, 2.05) is 54.0 Å². The molecule has 2 aromatic carbocycles. The summed E-state index contributed by atoms with van der Waals surface area (Å²) < 4.78 is 6.01. The number of anilines is 2. The fraction of sp³-hybridized carbons (Fsp3) is 0.595. The molecule has 3 saturated heterocycles. The van der Waals surface area contributed by atoms with Gasteiger partial charge in [0.15, 0.2) is 0 Å². The molecular formula is C37H52N6O4. The van der Waals surface area contributed by atoms with Crippen molar-refractivity contribution in [3.05, 3.63) is 58.7 Å². The Morgan fingerprint density at radius 2 is 1.64 bits per heavy atom. The summed E-state index contributed by atoms with van der Waals surface area (Å²) >= 11 is 0. The monoisotopic (exact) mass is 644 g/mol. The van der Waals surface area contributed by atoms with Gasteiger partial charge in [-0.3, -0.25) is 9.80 Å². The first-order valence-electron chi connectivity index (χ1n) is 17.5. The maximum atomic E-state index is 14.1. The lowest BCUT2D eigenvalue weighted by molar-refractivity contribution is -0.129. The molecule has 47 heavy (non-hydrogen) atoms. The average molecular weight is 645 g/mol. The molecule has 3 fully saturated rings. The van der Waals surface area contributed by atoms with E-state index in [0.29, 0.717) is 31.8 Å². The van der Waals surface area contributed by atoms with Gasteiger partial charge in [-0.1, -0.05) is 30.3 Å². The highest BCUT2D eigenvalue weighted by Crippen LogP contribution is 2.42. The van der Waals surface area contributed by atoms with Gasteiger partial charge in [0.2, 0.25) is 0 Å².